The minimum Gasteiger partial charge on any atom is -0.462 e. The fraction of sp³-hybridized carbons (Fsp3) is 0.300. The van der Waals surface area contributed by atoms with Crippen molar-refractivity contribution in [3.05, 3.63) is 18.2 Å². The Balaban J connectivity index is 2.16. The van der Waals surface area contributed by atoms with Gasteiger partial charge < -0.3 is 20.2 Å². The van der Waals surface area contributed by atoms with E-state index in [1.165, 1.54) is 0 Å². The molecule has 0 unspecified atom stereocenters. The normalized spacial score (nSPS) is 10.7. The number of aromatic amines is 1. The van der Waals surface area contributed by atoms with Gasteiger partial charge in [-0.3, -0.25) is 0 Å². The Hall–Kier alpha value is -1.75. The van der Waals surface area contributed by atoms with E-state index in [-0.39, 0.29) is 0 Å². The molecule has 0 atom stereocenters. The van der Waals surface area contributed by atoms with Gasteiger partial charge in [-0.25, -0.2) is 0 Å². The highest BCUT2D eigenvalue weighted by atomic mass is 16.5. The van der Waals surface area contributed by atoms with Gasteiger partial charge >= 0.3 is 0 Å². The summed E-state index contributed by atoms with van der Waals surface area (Å²) in [7, 11) is 1.63. The zero-order valence-corrected chi connectivity index (χ0v) is 8.49. The minimum absolute atomic E-state index is 0.478. The van der Waals surface area contributed by atoms with Crippen LogP contribution in [0.25, 0.3) is 11.0 Å². The minimum atomic E-state index is 0.478. The van der Waals surface area contributed by atoms with Gasteiger partial charge in [0.1, 0.15) is 6.61 Å². The molecule has 0 spiro atoms. The van der Waals surface area contributed by atoms with Gasteiger partial charge in [-0.05, 0) is 18.2 Å². The third-order valence-electron chi connectivity index (χ3n) is 2.01. The molecule has 5 nitrogen and oxygen atoms in total. The lowest BCUT2D eigenvalue weighted by molar-refractivity contribution is 0.141. The molecule has 2 aromatic rings. The summed E-state index contributed by atoms with van der Waals surface area (Å²) in [4.78, 5) is 7.26. The standard InChI is InChI=1S/C10H13N3O2/c1-14-4-5-15-10-12-8-3-2-7(11)6-9(8)13-10/h2-3,6H,4-5,11H2,1H3,(H,12,13). The van der Waals surface area contributed by atoms with Crippen molar-refractivity contribution < 1.29 is 9.47 Å². The summed E-state index contributed by atoms with van der Waals surface area (Å²) in [5, 5.41) is 0. The molecule has 0 saturated carbocycles. The number of rotatable bonds is 4. The molecule has 5 heteroatoms. The van der Waals surface area contributed by atoms with E-state index in [9.17, 15) is 0 Å². The number of ether oxygens (including phenoxy) is 2. The molecule has 0 fully saturated rings. The molecule has 0 amide bonds. The van der Waals surface area contributed by atoms with Crippen molar-refractivity contribution in [3.8, 4) is 6.01 Å². The predicted octanol–water partition coefficient (Wildman–Crippen LogP) is 1.17. The molecule has 2 rings (SSSR count). The largest absolute Gasteiger partial charge is 0.462 e. The first-order chi connectivity index (χ1) is 7.29. The van der Waals surface area contributed by atoms with Gasteiger partial charge in [0, 0.05) is 12.8 Å². The van der Waals surface area contributed by atoms with Crippen LogP contribution in [0.3, 0.4) is 0 Å². The Morgan fingerprint density at radius 2 is 2.27 bits per heavy atom. The fourth-order valence-corrected chi connectivity index (χ4v) is 1.29. The van der Waals surface area contributed by atoms with E-state index < -0.39 is 0 Å². The zero-order chi connectivity index (χ0) is 10.7. The van der Waals surface area contributed by atoms with Crippen LogP contribution in [0.15, 0.2) is 18.2 Å². The van der Waals surface area contributed by atoms with Crippen LogP contribution in [0, 0.1) is 0 Å². The van der Waals surface area contributed by atoms with Gasteiger partial charge in [0.15, 0.2) is 0 Å². The Kier molecular flexibility index (Phi) is 2.73. The number of nitrogens with one attached hydrogen (secondary N) is 1. The SMILES string of the molecule is COCCOc1nc2ccc(N)cc2[nH]1. The lowest BCUT2D eigenvalue weighted by Crippen LogP contribution is -2.04. The maximum Gasteiger partial charge on any atom is 0.294 e. The first kappa shape index (κ1) is 9.79. The summed E-state index contributed by atoms with van der Waals surface area (Å²) in [5.41, 5.74) is 8.07. The third kappa shape index (κ3) is 2.19. The van der Waals surface area contributed by atoms with Crippen molar-refractivity contribution in [2.45, 2.75) is 0 Å². The number of imidazole rings is 1. The Bertz CT molecular complexity index is 453. The van der Waals surface area contributed by atoms with Gasteiger partial charge in [-0.2, -0.15) is 4.98 Å². The number of nitrogens with zero attached hydrogens (tertiary/aromatic N) is 1. The van der Waals surface area contributed by atoms with Crippen molar-refractivity contribution in [3.63, 3.8) is 0 Å². The van der Waals surface area contributed by atoms with Gasteiger partial charge in [-0.15, -0.1) is 0 Å². The van der Waals surface area contributed by atoms with Crippen LogP contribution in [0.2, 0.25) is 0 Å². The molecule has 15 heavy (non-hydrogen) atoms. The number of nitrogens with two attached hydrogens (primary N) is 1. The molecular weight excluding hydrogens is 194 g/mol. The second-order valence-electron chi connectivity index (χ2n) is 3.16. The van der Waals surface area contributed by atoms with E-state index in [0.29, 0.717) is 24.9 Å². The van der Waals surface area contributed by atoms with Crippen LogP contribution in [-0.2, 0) is 4.74 Å². The quantitative estimate of drug-likeness (QED) is 0.583. The van der Waals surface area contributed by atoms with Crippen LogP contribution < -0.4 is 10.5 Å². The van der Waals surface area contributed by atoms with Crippen molar-refractivity contribution in [1.82, 2.24) is 9.97 Å². The van der Waals surface area contributed by atoms with Crippen molar-refractivity contribution in [2.24, 2.45) is 0 Å². The lowest BCUT2D eigenvalue weighted by atomic mass is 10.3. The van der Waals surface area contributed by atoms with Gasteiger partial charge in [-0.1, -0.05) is 0 Å². The number of aromatic nitrogens is 2. The van der Waals surface area contributed by atoms with E-state index in [2.05, 4.69) is 9.97 Å². The number of hydrogen-bond donors (Lipinski definition) is 2. The number of methoxy groups -OCH3 is 1. The molecule has 0 radical (unpaired) electrons. The Morgan fingerprint density at radius 1 is 1.40 bits per heavy atom. The van der Waals surface area contributed by atoms with Crippen LogP contribution in [0.1, 0.15) is 0 Å². The molecule has 1 aromatic heterocycles. The van der Waals surface area contributed by atoms with E-state index >= 15 is 0 Å². The molecule has 0 aliphatic rings. The monoisotopic (exact) mass is 207 g/mol. The smallest absolute Gasteiger partial charge is 0.294 e. The number of hydrogen-bond acceptors (Lipinski definition) is 4. The van der Waals surface area contributed by atoms with Crippen LogP contribution in [0.4, 0.5) is 5.69 Å². The second kappa shape index (κ2) is 4.18. The van der Waals surface area contributed by atoms with Crippen LogP contribution in [-0.4, -0.2) is 30.3 Å². The summed E-state index contributed by atoms with van der Waals surface area (Å²) in [6, 6.07) is 5.98. The molecule has 0 bridgehead atoms. The highest BCUT2D eigenvalue weighted by Crippen LogP contribution is 2.18. The van der Waals surface area contributed by atoms with Gasteiger partial charge in [0.2, 0.25) is 0 Å². The van der Waals surface area contributed by atoms with Crippen molar-refractivity contribution >= 4 is 16.7 Å². The molecule has 80 valence electrons. The Morgan fingerprint density at radius 3 is 3.07 bits per heavy atom. The van der Waals surface area contributed by atoms with Gasteiger partial charge in [0.05, 0.1) is 17.6 Å². The molecule has 0 saturated heterocycles. The second-order valence-corrected chi connectivity index (χ2v) is 3.16. The van der Waals surface area contributed by atoms with Crippen LogP contribution >= 0.6 is 0 Å². The number of nitrogen functional groups attached to an aromatic ring is 1. The average Bonchev–Trinajstić information content (AvgIpc) is 2.60. The third-order valence-corrected chi connectivity index (χ3v) is 2.01. The molecule has 1 aromatic carbocycles. The highest BCUT2D eigenvalue weighted by Gasteiger charge is 2.03. The molecule has 3 N–H and O–H groups in total. The van der Waals surface area contributed by atoms with Gasteiger partial charge in [0.25, 0.3) is 6.01 Å². The number of H-pyrrole nitrogens is 1. The summed E-state index contributed by atoms with van der Waals surface area (Å²) in [5.74, 6) is 0. The summed E-state index contributed by atoms with van der Waals surface area (Å²) < 4.78 is 10.2. The number of benzene rings is 1. The summed E-state index contributed by atoms with van der Waals surface area (Å²) >= 11 is 0. The predicted molar refractivity (Wildman–Crippen MR) is 57.9 cm³/mol. The highest BCUT2D eigenvalue weighted by molar-refractivity contribution is 5.79. The first-order valence-electron chi connectivity index (χ1n) is 4.66. The van der Waals surface area contributed by atoms with Crippen molar-refractivity contribution in [2.75, 3.05) is 26.1 Å². The maximum atomic E-state index is 5.65. The lowest BCUT2D eigenvalue weighted by Gasteiger charge is -1.99. The number of anilines is 1. The molecule has 0 aliphatic heterocycles. The molecule has 0 aliphatic carbocycles. The van der Waals surface area contributed by atoms with E-state index in [1.54, 1.807) is 7.11 Å². The average molecular weight is 207 g/mol. The summed E-state index contributed by atoms with van der Waals surface area (Å²) in [6.45, 7) is 1.02. The summed E-state index contributed by atoms with van der Waals surface area (Å²) in [6.07, 6.45) is 0. The Labute approximate surface area is 87.2 Å². The van der Waals surface area contributed by atoms with E-state index in [4.69, 9.17) is 15.2 Å². The zero-order valence-electron chi connectivity index (χ0n) is 8.49. The molecule has 1 heterocycles. The topological polar surface area (TPSA) is 73.2 Å². The van der Waals surface area contributed by atoms with Crippen molar-refractivity contribution in [1.29, 1.82) is 0 Å². The first-order valence-corrected chi connectivity index (χ1v) is 4.66. The van der Waals surface area contributed by atoms with E-state index in [1.807, 2.05) is 18.2 Å². The fourth-order valence-electron chi connectivity index (χ4n) is 1.29. The number of fused-ring (bicyclic) bond motifs is 1. The van der Waals surface area contributed by atoms with Crippen LogP contribution in [0.5, 0.6) is 6.01 Å². The molecular formula is C10H13N3O2. The maximum absolute atomic E-state index is 5.65. The van der Waals surface area contributed by atoms with E-state index in [0.717, 1.165) is 11.0 Å².